The predicted molar refractivity (Wildman–Crippen MR) is 129 cm³/mol. The molecule has 5 aromatic rings. The number of fused-ring (bicyclic) bond motifs is 1. The van der Waals surface area contributed by atoms with Crippen LogP contribution < -0.4 is 11.2 Å². The SMILES string of the molecule is COC(=O)c1ccccc1-n1c(=O)c2ccccc2n(Cc2nc(-c3ccccc3Cl)no2)c1=O. The van der Waals surface area contributed by atoms with Gasteiger partial charge in [-0.2, -0.15) is 4.98 Å². The van der Waals surface area contributed by atoms with Gasteiger partial charge in [-0.25, -0.2) is 14.2 Å². The molecule has 9 nitrogen and oxygen atoms in total. The Labute approximate surface area is 202 Å². The lowest BCUT2D eigenvalue weighted by Gasteiger charge is -2.14. The van der Waals surface area contributed by atoms with Crippen LogP contribution in [0.4, 0.5) is 0 Å². The summed E-state index contributed by atoms with van der Waals surface area (Å²) in [5.74, 6) is -0.265. The molecule has 10 heteroatoms. The monoisotopic (exact) mass is 488 g/mol. The molecule has 3 aromatic carbocycles. The van der Waals surface area contributed by atoms with Crippen LogP contribution in [0.1, 0.15) is 16.2 Å². The third kappa shape index (κ3) is 3.91. The Balaban J connectivity index is 1.70. The lowest BCUT2D eigenvalue weighted by Crippen LogP contribution is -2.40. The van der Waals surface area contributed by atoms with Crippen LogP contribution in [0.5, 0.6) is 0 Å². The average molecular weight is 489 g/mol. The molecule has 0 unspecified atom stereocenters. The Morgan fingerprint density at radius 3 is 2.51 bits per heavy atom. The van der Waals surface area contributed by atoms with Gasteiger partial charge in [0.05, 0.1) is 34.3 Å². The number of aromatic nitrogens is 4. The van der Waals surface area contributed by atoms with Crippen LogP contribution in [0.25, 0.3) is 28.0 Å². The molecule has 0 bridgehead atoms. The van der Waals surface area contributed by atoms with Crippen molar-refractivity contribution in [2.75, 3.05) is 7.11 Å². The Bertz CT molecular complexity index is 1700. The van der Waals surface area contributed by atoms with Gasteiger partial charge in [-0.05, 0) is 36.4 Å². The van der Waals surface area contributed by atoms with Crippen molar-refractivity contribution in [3.63, 3.8) is 0 Å². The summed E-state index contributed by atoms with van der Waals surface area (Å²) in [6.07, 6.45) is 0. The van der Waals surface area contributed by atoms with Crippen LogP contribution in [0, 0.1) is 0 Å². The highest BCUT2D eigenvalue weighted by Gasteiger charge is 2.21. The zero-order chi connectivity index (χ0) is 24.5. The van der Waals surface area contributed by atoms with Crippen LogP contribution in [0.3, 0.4) is 0 Å². The van der Waals surface area contributed by atoms with Crippen molar-refractivity contribution in [2.24, 2.45) is 0 Å². The summed E-state index contributed by atoms with van der Waals surface area (Å²) in [5, 5.41) is 4.71. The van der Waals surface area contributed by atoms with Gasteiger partial charge in [-0.1, -0.05) is 53.2 Å². The first-order chi connectivity index (χ1) is 17.0. The molecule has 0 radical (unpaired) electrons. The van der Waals surface area contributed by atoms with E-state index in [0.717, 1.165) is 4.57 Å². The smallest absolute Gasteiger partial charge is 0.339 e. The first kappa shape index (κ1) is 22.3. The van der Waals surface area contributed by atoms with Gasteiger partial charge in [0.2, 0.25) is 11.7 Å². The summed E-state index contributed by atoms with van der Waals surface area (Å²) >= 11 is 6.24. The largest absolute Gasteiger partial charge is 0.465 e. The Hall–Kier alpha value is -4.50. The number of hydrogen-bond acceptors (Lipinski definition) is 7. The van der Waals surface area contributed by atoms with Crippen molar-refractivity contribution >= 4 is 28.5 Å². The summed E-state index contributed by atoms with van der Waals surface area (Å²) in [4.78, 5) is 43.8. The van der Waals surface area contributed by atoms with E-state index < -0.39 is 17.2 Å². The summed E-state index contributed by atoms with van der Waals surface area (Å²) in [7, 11) is 1.23. The Morgan fingerprint density at radius 2 is 1.71 bits per heavy atom. The van der Waals surface area contributed by atoms with Crippen LogP contribution in [0.2, 0.25) is 5.02 Å². The number of rotatable bonds is 5. The molecule has 0 saturated carbocycles. The van der Waals surface area contributed by atoms with E-state index in [0.29, 0.717) is 16.1 Å². The normalized spacial score (nSPS) is 11.0. The number of methoxy groups -OCH3 is 1. The van der Waals surface area contributed by atoms with Crippen molar-refractivity contribution in [3.8, 4) is 17.1 Å². The molecule has 0 amide bonds. The highest BCUT2D eigenvalue weighted by molar-refractivity contribution is 6.33. The number of nitrogens with zero attached hydrogens (tertiary/aromatic N) is 4. The Morgan fingerprint density at radius 1 is 1.00 bits per heavy atom. The minimum Gasteiger partial charge on any atom is -0.465 e. The first-order valence-corrected chi connectivity index (χ1v) is 10.9. The number of benzene rings is 3. The molecule has 0 N–H and O–H groups in total. The predicted octanol–water partition coefficient (Wildman–Crippen LogP) is 3.69. The second-order valence-electron chi connectivity index (χ2n) is 7.53. The van der Waals surface area contributed by atoms with Crippen LogP contribution in [-0.2, 0) is 11.3 Å². The standard InChI is InChI=1S/C25H17ClN4O5/c1-34-24(32)17-10-4-7-13-20(17)30-23(31)16-9-3-6-12-19(16)29(25(30)33)14-21-27-22(28-35-21)15-8-2-5-11-18(15)26/h2-13H,14H2,1H3. The number of esters is 1. The highest BCUT2D eigenvalue weighted by atomic mass is 35.5. The van der Waals surface area contributed by atoms with Gasteiger partial charge in [0.1, 0.15) is 6.54 Å². The summed E-state index contributed by atoms with van der Waals surface area (Å²) in [5.41, 5.74) is -0.0980. The van der Waals surface area contributed by atoms with E-state index in [1.807, 2.05) is 0 Å². The van der Waals surface area contributed by atoms with Gasteiger partial charge in [-0.15, -0.1) is 0 Å². The average Bonchev–Trinajstić information content (AvgIpc) is 3.35. The topological polar surface area (TPSA) is 109 Å². The lowest BCUT2D eigenvalue weighted by atomic mass is 10.1. The molecule has 174 valence electrons. The number of hydrogen-bond donors (Lipinski definition) is 0. The summed E-state index contributed by atoms with van der Waals surface area (Å²) in [6.45, 7) is -0.114. The van der Waals surface area contributed by atoms with Gasteiger partial charge < -0.3 is 9.26 Å². The second kappa shape index (κ2) is 9.03. The second-order valence-corrected chi connectivity index (χ2v) is 7.93. The van der Waals surface area contributed by atoms with E-state index in [9.17, 15) is 14.4 Å². The maximum atomic E-state index is 13.7. The van der Waals surface area contributed by atoms with Gasteiger partial charge in [-0.3, -0.25) is 9.36 Å². The van der Waals surface area contributed by atoms with E-state index in [2.05, 4.69) is 10.1 Å². The van der Waals surface area contributed by atoms with Gasteiger partial charge in [0.15, 0.2) is 0 Å². The molecule has 2 aromatic heterocycles. The fraction of sp³-hybridized carbons (Fsp3) is 0.0800. The molecule has 0 aliphatic rings. The molecule has 2 heterocycles. The fourth-order valence-corrected chi connectivity index (χ4v) is 4.06. The van der Waals surface area contributed by atoms with Crippen LogP contribution in [-0.4, -0.2) is 32.4 Å². The molecule has 0 saturated heterocycles. The maximum Gasteiger partial charge on any atom is 0.339 e. The van der Waals surface area contributed by atoms with Crippen molar-refractivity contribution in [1.29, 1.82) is 0 Å². The van der Waals surface area contributed by atoms with E-state index in [4.69, 9.17) is 20.9 Å². The first-order valence-electron chi connectivity index (χ1n) is 10.5. The number of ether oxygens (including phenoxy) is 1. The van der Waals surface area contributed by atoms with Gasteiger partial charge >= 0.3 is 11.7 Å². The number of carbonyl (C=O) groups excluding carboxylic acids is 1. The van der Waals surface area contributed by atoms with Crippen molar-refractivity contribution < 1.29 is 14.1 Å². The summed E-state index contributed by atoms with van der Waals surface area (Å²) < 4.78 is 12.5. The van der Waals surface area contributed by atoms with E-state index in [1.165, 1.54) is 23.8 Å². The number of para-hydroxylation sites is 2. The van der Waals surface area contributed by atoms with E-state index in [1.54, 1.807) is 60.7 Å². The van der Waals surface area contributed by atoms with Gasteiger partial charge in [0.25, 0.3) is 5.56 Å². The van der Waals surface area contributed by atoms with Crippen molar-refractivity contribution in [2.45, 2.75) is 6.54 Å². The molecular formula is C25H17ClN4O5. The van der Waals surface area contributed by atoms with E-state index in [-0.39, 0.29) is 34.9 Å². The quantitative estimate of drug-likeness (QED) is 0.347. The molecule has 0 aliphatic heterocycles. The zero-order valence-electron chi connectivity index (χ0n) is 18.3. The van der Waals surface area contributed by atoms with E-state index >= 15 is 0 Å². The molecule has 0 aliphatic carbocycles. The van der Waals surface area contributed by atoms with Crippen LogP contribution >= 0.6 is 11.6 Å². The number of carbonyl (C=O) groups is 1. The minimum absolute atomic E-state index is 0.0785. The molecular weight excluding hydrogens is 472 g/mol. The lowest BCUT2D eigenvalue weighted by molar-refractivity contribution is 0.0600. The minimum atomic E-state index is -0.678. The molecule has 0 atom stereocenters. The van der Waals surface area contributed by atoms with Gasteiger partial charge in [0, 0.05) is 5.56 Å². The third-order valence-electron chi connectivity index (χ3n) is 5.48. The third-order valence-corrected chi connectivity index (χ3v) is 5.81. The molecule has 0 spiro atoms. The highest BCUT2D eigenvalue weighted by Crippen LogP contribution is 2.25. The molecule has 5 rings (SSSR count). The zero-order valence-corrected chi connectivity index (χ0v) is 19.1. The molecule has 35 heavy (non-hydrogen) atoms. The number of halogens is 1. The maximum absolute atomic E-state index is 13.7. The van der Waals surface area contributed by atoms with Crippen molar-refractivity contribution in [3.05, 3.63) is 110 Å². The van der Waals surface area contributed by atoms with Crippen molar-refractivity contribution in [1.82, 2.24) is 19.3 Å². The Kier molecular flexibility index (Phi) is 5.76. The fourth-order valence-electron chi connectivity index (χ4n) is 3.84. The summed E-state index contributed by atoms with van der Waals surface area (Å²) in [6, 6.07) is 19.9. The van der Waals surface area contributed by atoms with Crippen LogP contribution in [0.15, 0.2) is 86.9 Å². The molecule has 0 fully saturated rings.